The van der Waals surface area contributed by atoms with E-state index in [4.69, 9.17) is 5.73 Å². The molecule has 0 aliphatic heterocycles. The highest BCUT2D eigenvalue weighted by Crippen LogP contribution is 2.32. The third kappa shape index (κ3) is 3.83. The number of aromatic nitrogens is 5. The van der Waals surface area contributed by atoms with E-state index in [0.29, 0.717) is 33.8 Å². The van der Waals surface area contributed by atoms with Crippen molar-refractivity contribution in [1.82, 2.24) is 24.1 Å². The fourth-order valence-electron chi connectivity index (χ4n) is 3.41. The topological polar surface area (TPSA) is 103 Å². The molecule has 0 spiro atoms. The average Bonchev–Trinajstić information content (AvgIpc) is 3.27. The molecule has 0 saturated heterocycles. The maximum Gasteiger partial charge on any atom is 0.254 e. The lowest BCUT2D eigenvalue weighted by Gasteiger charge is -2.08. The Bertz CT molecular complexity index is 1250. The molecular weight excluding hydrogens is 397 g/mol. The molecule has 3 N–H and O–H groups in total. The van der Waals surface area contributed by atoms with Gasteiger partial charge in [0.15, 0.2) is 5.65 Å². The summed E-state index contributed by atoms with van der Waals surface area (Å²) in [5.41, 5.74) is 7.92. The van der Waals surface area contributed by atoms with Crippen LogP contribution in [-0.2, 0) is 0 Å². The summed E-state index contributed by atoms with van der Waals surface area (Å²) < 4.78 is 17.3. The SMILES string of the molecule is C1CCC1.CNc1cc(-c2cn(C(C)C)c3ncc(F)cc23)nc2c(C(N)=O)cnn12. The predicted molar refractivity (Wildman–Crippen MR) is 119 cm³/mol. The Labute approximate surface area is 179 Å². The average molecular weight is 423 g/mol. The Hall–Kier alpha value is -3.49. The molecule has 0 unspecified atom stereocenters. The molecule has 1 amide bonds. The van der Waals surface area contributed by atoms with Gasteiger partial charge in [-0.1, -0.05) is 25.7 Å². The van der Waals surface area contributed by atoms with Crippen molar-refractivity contribution in [2.24, 2.45) is 5.73 Å². The summed E-state index contributed by atoms with van der Waals surface area (Å²) in [6.45, 7) is 4.04. The van der Waals surface area contributed by atoms with E-state index in [2.05, 4.69) is 20.4 Å². The number of primary amides is 1. The van der Waals surface area contributed by atoms with Crippen LogP contribution in [0.15, 0.2) is 30.7 Å². The highest BCUT2D eigenvalue weighted by molar-refractivity contribution is 6.00. The van der Waals surface area contributed by atoms with Crippen molar-refractivity contribution in [3.05, 3.63) is 42.1 Å². The summed E-state index contributed by atoms with van der Waals surface area (Å²) in [7, 11) is 1.74. The van der Waals surface area contributed by atoms with Crippen molar-refractivity contribution in [3.63, 3.8) is 0 Å². The lowest BCUT2D eigenvalue weighted by molar-refractivity contribution is 0.100. The van der Waals surface area contributed by atoms with Crippen LogP contribution in [0.3, 0.4) is 0 Å². The first-order valence-corrected chi connectivity index (χ1v) is 10.4. The molecule has 0 radical (unpaired) electrons. The zero-order valence-electron chi connectivity index (χ0n) is 17.9. The van der Waals surface area contributed by atoms with Crippen LogP contribution in [0, 0.1) is 5.82 Å². The van der Waals surface area contributed by atoms with Crippen LogP contribution in [0.5, 0.6) is 0 Å². The van der Waals surface area contributed by atoms with Gasteiger partial charge in [-0.3, -0.25) is 4.79 Å². The van der Waals surface area contributed by atoms with Gasteiger partial charge in [0.25, 0.3) is 5.91 Å². The number of hydrogen-bond acceptors (Lipinski definition) is 5. The number of hydrogen-bond donors (Lipinski definition) is 2. The van der Waals surface area contributed by atoms with Gasteiger partial charge in [0, 0.05) is 36.3 Å². The predicted octanol–water partition coefficient (Wildman–Crippen LogP) is 4.17. The molecule has 1 fully saturated rings. The van der Waals surface area contributed by atoms with Gasteiger partial charge in [0.05, 0.1) is 18.1 Å². The molecule has 8 nitrogen and oxygen atoms in total. The van der Waals surface area contributed by atoms with E-state index in [1.807, 2.05) is 24.6 Å². The Morgan fingerprint density at radius 3 is 2.45 bits per heavy atom. The maximum atomic E-state index is 13.9. The molecule has 31 heavy (non-hydrogen) atoms. The zero-order chi connectivity index (χ0) is 22.1. The molecule has 1 aliphatic rings. The number of amides is 1. The molecule has 0 bridgehead atoms. The molecule has 5 rings (SSSR count). The Balaban J connectivity index is 0.000000520. The molecular formula is C22H26FN7O. The normalized spacial score (nSPS) is 13.2. The smallest absolute Gasteiger partial charge is 0.254 e. The summed E-state index contributed by atoms with van der Waals surface area (Å²) in [4.78, 5) is 20.5. The monoisotopic (exact) mass is 423 g/mol. The summed E-state index contributed by atoms with van der Waals surface area (Å²) in [5.74, 6) is -0.423. The summed E-state index contributed by atoms with van der Waals surface area (Å²) in [5, 5.41) is 7.84. The van der Waals surface area contributed by atoms with Gasteiger partial charge in [0.1, 0.15) is 22.8 Å². The van der Waals surface area contributed by atoms with Crippen LogP contribution >= 0.6 is 0 Å². The number of rotatable bonds is 4. The van der Waals surface area contributed by atoms with Gasteiger partial charge in [-0.2, -0.15) is 9.61 Å². The molecule has 4 heterocycles. The van der Waals surface area contributed by atoms with E-state index in [9.17, 15) is 9.18 Å². The molecule has 1 saturated carbocycles. The van der Waals surface area contributed by atoms with Crippen molar-refractivity contribution in [3.8, 4) is 11.3 Å². The molecule has 9 heteroatoms. The summed E-state index contributed by atoms with van der Waals surface area (Å²) >= 11 is 0. The van der Waals surface area contributed by atoms with Crippen LogP contribution in [-0.4, -0.2) is 37.1 Å². The number of nitrogens with two attached hydrogens (primary N) is 1. The number of halogens is 1. The van der Waals surface area contributed by atoms with Crippen molar-refractivity contribution >= 4 is 28.4 Å². The Morgan fingerprint density at radius 1 is 1.16 bits per heavy atom. The van der Waals surface area contributed by atoms with E-state index in [1.54, 1.807) is 13.1 Å². The molecule has 1 aliphatic carbocycles. The molecule has 0 atom stereocenters. The van der Waals surface area contributed by atoms with Gasteiger partial charge >= 0.3 is 0 Å². The van der Waals surface area contributed by atoms with Crippen LogP contribution < -0.4 is 11.1 Å². The van der Waals surface area contributed by atoms with Gasteiger partial charge in [0.2, 0.25) is 0 Å². The van der Waals surface area contributed by atoms with Crippen LogP contribution in [0.25, 0.3) is 27.9 Å². The van der Waals surface area contributed by atoms with E-state index in [-0.39, 0.29) is 11.6 Å². The van der Waals surface area contributed by atoms with Crippen LogP contribution in [0.4, 0.5) is 10.2 Å². The van der Waals surface area contributed by atoms with Crippen molar-refractivity contribution in [2.75, 3.05) is 12.4 Å². The first kappa shape index (κ1) is 20.8. The van der Waals surface area contributed by atoms with E-state index in [1.165, 1.54) is 48.7 Å². The summed E-state index contributed by atoms with van der Waals surface area (Å²) in [6, 6.07) is 3.35. The fraction of sp³-hybridized carbons (Fsp3) is 0.364. The molecule has 162 valence electrons. The number of fused-ring (bicyclic) bond motifs is 2. The third-order valence-corrected chi connectivity index (χ3v) is 5.46. The fourth-order valence-corrected chi connectivity index (χ4v) is 3.41. The Morgan fingerprint density at radius 2 is 1.87 bits per heavy atom. The summed E-state index contributed by atoms with van der Waals surface area (Å²) in [6.07, 6.45) is 10.5. The van der Waals surface area contributed by atoms with Crippen molar-refractivity contribution in [2.45, 2.75) is 45.6 Å². The quantitative estimate of drug-likeness (QED) is 0.513. The lowest BCUT2D eigenvalue weighted by Crippen LogP contribution is -2.11. The number of nitrogens with zero attached hydrogens (tertiary/aromatic N) is 5. The van der Waals surface area contributed by atoms with Crippen LogP contribution in [0.1, 0.15) is 55.9 Å². The minimum Gasteiger partial charge on any atom is -0.373 e. The van der Waals surface area contributed by atoms with Crippen LogP contribution in [0.2, 0.25) is 0 Å². The number of nitrogens with one attached hydrogen (secondary N) is 1. The molecule has 0 aromatic carbocycles. The zero-order valence-corrected chi connectivity index (χ0v) is 17.9. The van der Waals surface area contributed by atoms with Gasteiger partial charge in [-0.15, -0.1) is 0 Å². The highest BCUT2D eigenvalue weighted by atomic mass is 19.1. The van der Waals surface area contributed by atoms with Gasteiger partial charge in [-0.05, 0) is 19.9 Å². The molecule has 4 aromatic rings. The van der Waals surface area contributed by atoms with Crippen molar-refractivity contribution in [1.29, 1.82) is 0 Å². The number of carbonyl (C=O) groups is 1. The number of anilines is 1. The molecule has 4 aromatic heterocycles. The third-order valence-electron chi connectivity index (χ3n) is 5.46. The first-order chi connectivity index (χ1) is 14.9. The second kappa shape index (κ2) is 8.33. The van der Waals surface area contributed by atoms with E-state index >= 15 is 0 Å². The number of carbonyl (C=O) groups excluding carboxylic acids is 1. The highest BCUT2D eigenvalue weighted by Gasteiger charge is 2.19. The van der Waals surface area contributed by atoms with Crippen molar-refractivity contribution < 1.29 is 9.18 Å². The lowest BCUT2D eigenvalue weighted by atomic mass is 10.0. The minimum absolute atomic E-state index is 0.128. The largest absolute Gasteiger partial charge is 0.373 e. The Kier molecular flexibility index (Phi) is 5.58. The standard InChI is InChI=1S/C18H18FN7O.C4H8/c1-9(2)25-8-13(11-4-10(19)6-22-17(11)25)14-5-15(21-3)26-18(24-14)12(7-23-26)16(20)27;1-2-4-3-1/h4-9,21H,1-3H3,(H2,20,27);1-4H2. The maximum absolute atomic E-state index is 13.9. The number of pyridine rings is 1. The second-order valence-corrected chi connectivity index (χ2v) is 7.92. The minimum atomic E-state index is -0.617. The first-order valence-electron chi connectivity index (χ1n) is 10.4. The van der Waals surface area contributed by atoms with Gasteiger partial charge < -0.3 is 15.6 Å². The van der Waals surface area contributed by atoms with E-state index in [0.717, 1.165) is 0 Å². The van der Waals surface area contributed by atoms with E-state index < -0.39 is 11.7 Å². The van der Waals surface area contributed by atoms with Gasteiger partial charge in [-0.25, -0.2) is 14.4 Å². The second-order valence-electron chi connectivity index (χ2n) is 7.92.